The number of amides is 1. The Bertz CT molecular complexity index is 444. The summed E-state index contributed by atoms with van der Waals surface area (Å²) in [6, 6.07) is 10.7. The van der Waals surface area contributed by atoms with Gasteiger partial charge in [-0.2, -0.15) is 0 Å². The van der Waals surface area contributed by atoms with Gasteiger partial charge in [0.25, 0.3) is 0 Å². The van der Waals surface area contributed by atoms with Gasteiger partial charge in [-0.1, -0.05) is 18.2 Å². The first kappa shape index (κ1) is 16.8. The molecule has 5 heteroatoms. The average molecular weight is 305 g/mol. The van der Waals surface area contributed by atoms with Crippen LogP contribution in [0.4, 0.5) is 5.69 Å². The SMILES string of the molecule is COCCC(=O)NC(C)CN1CCN(c2ccccc2)CC1. The lowest BCUT2D eigenvalue weighted by molar-refractivity contribution is -0.122. The van der Waals surface area contributed by atoms with Gasteiger partial charge < -0.3 is 15.0 Å². The molecule has 0 bridgehead atoms. The van der Waals surface area contributed by atoms with Crippen LogP contribution in [-0.4, -0.2) is 63.3 Å². The topological polar surface area (TPSA) is 44.8 Å². The van der Waals surface area contributed by atoms with Crippen molar-refractivity contribution < 1.29 is 9.53 Å². The van der Waals surface area contributed by atoms with E-state index in [2.05, 4.69) is 46.3 Å². The molecular formula is C17H27N3O2. The van der Waals surface area contributed by atoms with Gasteiger partial charge in [0.1, 0.15) is 0 Å². The molecule has 1 aromatic rings. The summed E-state index contributed by atoms with van der Waals surface area (Å²) in [6.07, 6.45) is 0.433. The van der Waals surface area contributed by atoms with Crippen LogP contribution in [-0.2, 0) is 9.53 Å². The second-order valence-corrected chi connectivity index (χ2v) is 5.83. The van der Waals surface area contributed by atoms with Gasteiger partial charge in [-0.15, -0.1) is 0 Å². The summed E-state index contributed by atoms with van der Waals surface area (Å²) in [7, 11) is 1.61. The molecule has 1 fully saturated rings. The first-order valence-corrected chi connectivity index (χ1v) is 7.99. The summed E-state index contributed by atoms with van der Waals surface area (Å²) in [5.41, 5.74) is 1.29. The Balaban J connectivity index is 1.69. The number of carbonyl (C=O) groups is 1. The fourth-order valence-corrected chi connectivity index (χ4v) is 2.80. The van der Waals surface area contributed by atoms with Gasteiger partial charge in [-0.25, -0.2) is 0 Å². The molecule has 1 N–H and O–H groups in total. The molecule has 1 aliphatic heterocycles. The normalized spacial score (nSPS) is 17.3. The van der Waals surface area contributed by atoms with Crippen LogP contribution in [0.5, 0.6) is 0 Å². The molecule has 22 heavy (non-hydrogen) atoms. The van der Waals surface area contributed by atoms with Crippen LogP contribution in [0.3, 0.4) is 0 Å². The molecular weight excluding hydrogens is 278 g/mol. The van der Waals surface area contributed by atoms with E-state index in [0.717, 1.165) is 32.7 Å². The predicted octanol–water partition coefficient (Wildman–Crippen LogP) is 1.35. The lowest BCUT2D eigenvalue weighted by Crippen LogP contribution is -2.50. The molecule has 1 aliphatic rings. The number of nitrogens with one attached hydrogen (secondary N) is 1. The summed E-state index contributed by atoms with van der Waals surface area (Å²) < 4.78 is 4.92. The molecule has 122 valence electrons. The number of nitrogens with zero attached hydrogens (tertiary/aromatic N) is 2. The highest BCUT2D eigenvalue weighted by molar-refractivity contribution is 5.76. The fourth-order valence-electron chi connectivity index (χ4n) is 2.80. The van der Waals surface area contributed by atoms with E-state index in [1.165, 1.54) is 5.69 Å². The van der Waals surface area contributed by atoms with E-state index in [9.17, 15) is 4.79 Å². The van der Waals surface area contributed by atoms with Crippen molar-refractivity contribution in [1.29, 1.82) is 0 Å². The highest BCUT2D eigenvalue weighted by atomic mass is 16.5. The van der Waals surface area contributed by atoms with Gasteiger partial charge in [-0.3, -0.25) is 9.69 Å². The van der Waals surface area contributed by atoms with Crippen molar-refractivity contribution in [2.75, 3.05) is 51.3 Å². The standard InChI is InChI=1S/C17H27N3O2/c1-15(18-17(21)8-13-22-2)14-19-9-11-20(12-10-19)16-6-4-3-5-7-16/h3-7,15H,8-14H2,1-2H3,(H,18,21). The Labute approximate surface area is 133 Å². The smallest absolute Gasteiger partial charge is 0.222 e. The minimum Gasteiger partial charge on any atom is -0.384 e. The molecule has 0 aromatic heterocycles. The number of anilines is 1. The van der Waals surface area contributed by atoms with Crippen molar-refractivity contribution in [1.82, 2.24) is 10.2 Å². The van der Waals surface area contributed by atoms with E-state index >= 15 is 0 Å². The molecule has 2 rings (SSSR count). The minimum absolute atomic E-state index is 0.0669. The van der Waals surface area contributed by atoms with E-state index in [4.69, 9.17) is 4.74 Å². The van der Waals surface area contributed by atoms with E-state index in [0.29, 0.717) is 13.0 Å². The lowest BCUT2D eigenvalue weighted by Gasteiger charge is -2.37. The van der Waals surface area contributed by atoms with Gasteiger partial charge in [-0.05, 0) is 19.1 Å². The number of hydrogen-bond donors (Lipinski definition) is 1. The average Bonchev–Trinajstić information content (AvgIpc) is 2.54. The zero-order valence-electron chi connectivity index (χ0n) is 13.6. The van der Waals surface area contributed by atoms with Crippen molar-refractivity contribution in [3.8, 4) is 0 Å². The maximum atomic E-state index is 11.7. The number of piperazine rings is 1. The van der Waals surface area contributed by atoms with Gasteiger partial charge >= 0.3 is 0 Å². The Morgan fingerprint density at radius 1 is 1.23 bits per heavy atom. The quantitative estimate of drug-likeness (QED) is 0.826. The fraction of sp³-hybridized carbons (Fsp3) is 0.588. The summed E-state index contributed by atoms with van der Waals surface area (Å²) >= 11 is 0. The second-order valence-electron chi connectivity index (χ2n) is 5.83. The zero-order valence-corrected chi connectivity index (χ0v) is 13.6. The van der Waals surface area contributed by atoms with Gasteiger partial charge in [0, 0.05) is 58.0 Å². The van der Waals surface area contributed by atoms with Crippen LogP contribution >= 0.6 is 0 Å². The van der Waals surface area contributed by atoms with Crippen LogP contribution < -0.4 is 10.2 Å². The summed E-state index contributed by atoms with van der Waals surface area (Å²) in [6.45, 7) is 7.59. The maximum absolute atomic E-state index is 11.7. The van der Waals surface area contributed by atoms with Gasteiger partial charge in [0.05, 0.1) is 6.61 Å². The Morgan fingerprint density at radius 3 is 2.55 bits per heavy atom. The first-order chi connectivity index (χ1) is 10.7. The van der Waals surface area contributed by atoms with Crippen LogP contribution in [0.15, 0.2) is 30.3 Å². The number of hydrogen-bond acceptors (Lipinski definition) is 4. The minimum atomic E-state index is 0.0669. The molecule has 0 spiro atoms. The Morgan fingerprint density at radius 2 is 1.91 bits per heavy atom. The summed E-state index contributed by atoms with van der Waals surface area (Å²) in [4.78, 5) is 16.5. The number of ether oxygens (including phenoxy) is 1. The van der Waals surface area contributed by atoms with E-state index in [-0.39, 0.29) is 11.9 Å². The summed E-state index contributed by atoms with van der Waals surface area (Å²) in [5.74, 6) is 0.0669. The summed E-state index contributed by atoms with van der Waals surface area (Å²) in [5, 5.41) is 3.03. The number of methoxy groups -OCH3 is 1. The third kappa shape index (κ3) is 5.31. The lowest BCUT2D eigenvalue weighted by atomic mass is 10.2. The number of rotatable bonds is 7. The largest absolute Gasteiger partial charge is 0.384 e. The van der Waals surface area contributed by atoms with Crippen molar-refractivity contribution in [3.63, 3.8) is 0 Å². The molecule has 1 heterocycles. The van der Waals surface area contributed by atoms with Gasteiger partial charge in [0.2, 0.25) is 5.91 Å². The molecule has 0 radical (unpaired) electrons. The molecule has 1 amide bonds. The Kier molecular flexibility index (Phi) is 6.68. The number of benzene rings is 1. The van der Waals surface area contributed by atoms with E-state index in [1.54, 1.807) is 7.11 Å². The molecule has 0 saturated carbocycles. The molecule has 1 saturated heterocycles. The van der Waals surface area contributed by atoms with Crippen LogP contribution in [0.25, 0.3) is 0 Å². The van der Waals surface area contributed by atoms with Crippen LogP contribution in [0, 0.1) is 0 Å². The highest BCUT2D eigenvalue weighted by Crippen LogP contribution is 2.15. The molecule has 1 aromatic carbocycles. The zero-order chi connectivity index (χ0) is 15.8. The maximum Gasteiger partial charge on any atom is 0.222 e. The van der Waals surface area contributed by atoms with E-state index < -0.39 is 0 Å². The Hall–Kier alpha value is -1.59. The third-order valence-corrected chi connectivity index (χ3v) is 3.97. The number of carbonyl (C=O) groups excluding carboxylic acids is 1. The molecule has 1 atom stereocenters. The second kappa shape index (κ2) is 8.76. The predicted molar refractivity (Wildman–Crippen MR) is 89.2 cm³/mol. The molecule has 0 aliphatic carbocycles. The monoisotopic (exact) mass is 305 g/mol. The van der Waals surface area contributed by atoms with Crippen LogP contribution in [0.2, 0.25) is 0 Å². The van der Waals surface area contributed by atoms with Crippen molar-refractivity contribution in [2.45, 2.75) is 19.4 Å². The van der Waals surface area contributed by atoms with E-state index in [1.807, 2.05) is 6.07 Å². The van der Waals surface area contributed by atoms with Gasteiger partial charge in [0.15, 0.2) is 0 Å². The van der Waals surface area contributed by atoms with Crippen molar-refractivity contribution in [3.05, 3.63) is 30.3 Å². The number of para-hydroxylation sites is 1. The first-order valence-electron chi connectivity index (χ1n) is 7.99. The van der Waals surface area contributed by atoms with Crippen molar-refractivity contribution >= 4 is 11.6 Å². The highest BCUT2D eigenvalue weighted by Gasteiger charge is 2.19. The molecule has 5 nitrogen and oxygen atoms in total. The van der Waals surface area contributed by atoms with Crippen LogP contribution in [0.1, 0.15) is 13.3 Å². The molecule has 1 unspecified atom stereocenters. The van der Waals surface area contributed by atoms with Crippen molar-refractivity contribution in [2.24, 2.45) is 0 Å². The third-order valence-electron chi connectivity index (χ3n) is 3.97.